The van der Waals surface area contributed by atoms with E-state index in [1.165, 1.54) is 18.1 Å². The zero-order valence-corrected chi connectivity index (χ0v) is 19.5. The van der Waals surface area contributed by atoms with Crippen molar-refractivity contribution in [3.63, 3.8) is 0 Å². The number of benzene rings is 1. The van der Waals surface area contributed by atoms with Gasteiger partial charge in [-0.3, -0.25) is 9.59 Å². The Balaban J connectivity index is 0.00000225. The number of rotatable bonds is 5. The molecule has 9 heteroatoms. The predicted molar refractivity (Wildman–Crippen MR) is 124 cm³/mol. The van der Waals surface area contributed by atoms with Crippen LogP contribution in [0.2, 0.25) is 0 Å². The smallest absolute Gasteiger partial charge is 0.224 e. The van der Waals surface area contributed by atoms with Gasteiger partial charge in [0.1, 0.15) is 5.82 Å². The van der Waals surface area contributed by atoms with E-state index in [1.54, 1.807) is 4.90 Å². The molecule has 1 fully saturated rings. The van der Waals surface area contributed by atoms with Crippen molar-refractivity contribution in [1.82, 2.24) is 20.2 Å². The van der Waals surface area contributed by atoms with Gasteiger partial charge in [0.25, 0.3) is 0 Å². The number of hydrogen-bond donors (Lipinski definition) is 3. The SMILES string of the molecule is CC(=O)N1C[C@@H](N)CC[C@@H](C(=O)NCCCc2nc3c(C)c(C)ccc3[nH]2)C1.Cl.Cl. The fraction of sp³-hybridized carbons (Fsp3) is 0.571. The number of nitrogens with one attached hydrogen (secondary N) is 2. The number of hydrogen-bond acceptors (Lipinski definition) is 4. The van der Waals surface area contributed by atoms with E-state index in [1.807, 2.05) is 0 Å². The Bertz CT molecular complexity index is 870. The molecule has 30 heavy (non-hydrogen) atoms. The summed E-state index contributed by atoms with van der Waals surface area (Å²) in [5.74, 6) is 0.748. The molecule has 0 radical (unpaired) electrons. The van der Waals surface area contributed by atoms with Crippen molar-refractivity contribution in [2.45, 2.75) is 52.5 Å². The zero-order valence-electron chi connectivity index (χ0n) is 17.9. The molecule has 1 aliphatic heterocycles. The summed E-state index contributed by atoms with van der Waals surface area (Å²) in [5.41, 5.74) is 10.6. The van der Waals surface area contributed by atoms with Crippen molar-refractivity contribution in [3.8, 4) is 0 Å². The first-order valence-corrected chi connectivity index (χ1v) is 10.1. The van der Waals surface area contributed by atoms with E-state index in [0.29, 0.717) is 19.6 Å². The molecule has 2 aromatic rings. The summed E-state index contributed by atoms with van der Waals surface area (Å²) >= 11 is 0. The van der Waals surface area contributed by atoms with Gasteiger partial charge in [-0.05, 0) is 50.3 Å². The van der Waals surface area contributed by atoms with Crippen molar-refractivity contribution in [2.24, 2.45) is 11.7 Å². The molecular formula is C21H33Cl2N5O2. The fourth-order valence-electron chi connectivity index (χ4n) is 3.79. The number of fused-ring (bicyclic) bond motifs is 1. The van der Waals surface area contributed by atoms with E-state index in [2.05, 4.69) is 36.3 Å². The van der Waals surface area contributed by atoms with Crippen LogP contribution in [0.15, 0.2) is 12.1 Å². The van der Waals surface area contributed by atoms with Crippen LogP contribution in [0.5, 0.6) is 0 Å². The summed E-state index contributed by atoms with van der Waals surface area (Å²) in [5, 5.41) is 3.02. The molecule has 0 aliphatic carbocycles. The maximum atomic E-state index is 12.5. The van der Waals surface area contributed by atoms with Crippen molar-refractivity contribution < 1.29 is 9.59 Å². The lowest BCUT2D eigenvalue weighted by molar-refractivity contribution is -0.131. The van der Waals surface area contributed by atoms with Gasteiger partial charge in [-0.1, -0.05) is 6.07 Å². The quantitative estimate of drug-likeness (QED) is 0.600. The lowest BCUT2D eigenvalue weighted by Gasteiger charge is -2.23. The molecule has 168 valence electrons. The maximum Gasteiger partial charge on any atom is 0.224 e. The topological polar surface area (TPSA) is 104 Å². The van der Waals surface area contributed by atoms with E-state index in [9.17, 15) is 9.59 Å². The zero-order chi connectivity index (χ0) is 20.3. The van der Waals surface area contributed by atoms with Gasteiger partial charge >= 0.3 is 0 Å². The number of carbonyl (C=O) groups excluding carboxylic acids is 2. The summed E-state index contributed by atoms with van der Waals surface area (Å²) in [6.45, 7) is 7.29. The molecule has 0 spiro atoms. The van der Waals surface area contributed by atoms with Gasteiger partial charge in [0, 0.05) is 39.0 Å². The molecule has 0 saturated carbocycles. The minimum Gasteiger partial charge on any atom is -0.356 e. The van der Waals surface area contributed by atoms with Crippen LogP contribution in [-0.4, -0.2) is 52.4 Å². The largest absolute Gasteiger partial charge is 0.356 e. The molecule has 4 N–H and O–H groups in total. The summed E-state index contributed by atoms with van der Waals surface area (Å²) < 4.78 is 0. The Kier molecular flexibility index (Phi) is 10.1. The van der Waals surface area contributed by atoms with Crippen LogP contribution in [0.4, 0.5) is 0 Å². The van der Waals surface area contributed by atoms with Gasteiger partial charge in [0.2, 0.25) is 11.8 Å². The van der Waals surface area contributed by atoms with Crippen molar-refractivity contribution in [3.05, 3.63) is 29.1 Å². The highest BCUT2D eigenvalue weighted by Crippen LogP contribution is 2.20. The Labute approximate surface area is 190 Å². The molecule has 1 saturated heterocycles. The molecule has 1 aromatic heterocycles. The van der Waals surface area contributed by atoms with E-state index < -0.39 is 0 Å². The van der Waals surface area contributed by atoms with E-state index in [4.69, 9.17) is 10.7 Å². The van der Waals surface area contributed by atoms with Crippen LogP contribution in [0, 0.1) is 19.8 Å². The van der Waals surface area contributed by atoms with Gasteiger partial charge in [-0.15, -0.1) is 24.8 Å². The number of aryl methyl sites for hydroxylation is 3. The summed E-state index contributed by atoms with van der Waals surface area (Å²) in [7, 11) is 0. The molecular weight excluding hydrogens is 425 g/mol. The first-order valence-electron chi connectivity index (χ1n) is 10.1. The standard InChI is InChI=1S/C21H31N5O2.2ClH/c1-13-6-9-18-20(14(13)2)25-19(24-18)5-4-10-23-21(28)16-7-8-17(22)12-26(11-16)15(3)27;;/h6,9,16-17H,4-5,7-8,10-12,22H2,1-3H3,(H,23,28)(H,24,25);2*1H/t16-,17+;;/m1../s1. The van der Waals surface area contributed by atoms with Gasteiger partial charge < -0.3 is 20.9 Å². The molecule has 7 nitrogen and oxygen atoms in total. The van der Waals surface area contributed by atoms with Crippen molar-refractivity contribution in [1.29, 1.82) is 0 Å². The Morgan fingerprint density at radius 3 is 2.67 bits per heavy atom. The fourth-order valence-corrected chi connectivity index (χ4v) is 3.79. The third kappa shape index (κ3) is 6.33. The van der Waals surface area contributed by atoms with Crippen LogP contribution in [0.3, 0.4) is 0 Å². The number of amides is 2. The van der Waals surface area contributed by atoms with Crippen LogP contribution in [-0.2, 0) is 16.0 Å². The molecule has 0 bridgehead atoms. The highest BCUT2D eigenvalue weighted by Gasteiger charge is 2.28. The number of likely N-dealkylation sites (tertiary alicyclic amines) is 1. The summed E-state index contributed by atoms with van der Waals surface area (Å²) in [6.07, 6.45) is 3.08. The maximum absolute atomic E-state index is 12.5. The first kappa shape index (κ1) is 26.2. The van der Waals surface area contributed by atoms with Gasteiger partial charge in [0.15, 0.2) is 0 Å². The lowest BCUT2D eigenvalue weighted by Crippen LogP contribution is -2.42. The van der Waals surface area contributed by atoms with Crippen LogP contribution in [0.1, 0.15) is 43.1 Å². The Morgan fingerprint density at radius 1 is 1.23 bits per heavy atom. The molecule has 1 aromatic carbocycles. The third-order valence-electron chi connectivity index (χ3n) is 5.71. The monoisotopic (exact) mass is 457 g/mol. The summed E-state index contributed by atoms with van der Waals surface area (Å²) in [4.78, 5) is 34.0. The molecule has 2 amide bonds. The van der Waals surface area contributed by atoms with Gasteiger partial charge in [-0.2, -0.15) is 0 Å². The van der Waals surface area contributed by atoms with E-state index >= 15 is 0 Å². The van der Waals surface area contributed by atoms with Crippen LogP contribution in [0.25, 0.3) is 11.0 Å². The van der Waals surface area contributed by atoms with Crippen molar-refractivity contribution >= 4 is 47.7 Å². The number of aromatic nitrogens is 2. The number of imidazole rings is 1. The Morgan fingerprint density at radius 2 is 1.97 bits per heavy atom. The second-order valence-electron chi connectivity index (χ2n) is 7.94. The first-order chi connectivity index (χ1) is 13.3. The number of aromatic amines is 1. The number of halogens is 2. The summed E-state index contributed by atoms with van der Waals surface area (Å²) in [6, 6.07) is 4.11. The Hall–Kier alpha value is -1.83. The number of nitrogens with two attached hydrogens (primary N) is 1. The molecule has 2 heterocycles. The second-order valence-corrected chi connectivity index (χ2v) is 7.94. The molecule has 3 rings (SSSR count). The predicted octanol–water partition coefficient (Wildman–Crippen LogP) is 2.66. The van der Waals surface area contributed by atoms with Gasteiger partial charge in [0.05, 0.1) is 17.0 Å². The number of H-pyrrole nitrogens is 1. The molecule has 1 aliphatic rings. The van der Waals surface area contributed by atoms with Crippen molar-refractivity contribution in [2.75, 3.05) is 19.6 Å². The van der Waals surface area contributed by atoms with E-state index in [-0.39, 0.29) is 48.6 Å². The minimum absolute atomic E-state index is 0. The highest BCUT2D eigenvalue weighted by atomic mass is 35.5. The second kappa shape index (κ2) is 11.5. The average molecular weight is 458 g/mol. The lowest BCUT2D eigenvalue weighted by atomic mass is 10.0. The van der Waals surface area contributed by atoms with Crippen LogP contribution >= 0.6 is 24.8 Å². The normalized spacial score (nSPS) is 18.9. The number of carbonyl (C=O) groups is 2. The van der Waals surface area contributed by atoms with Crippen LogP contribution < -0.4 is 11.1 Å². The molecule has 2 atom stereocenters. The van der Waals surface area contributed by atoms with E-state index in [0.717, 1.165) is 42.5 Å². The number of nitrogens with zero attached hydrogens (tertiary/aromatic N) is 2. The molecule has 0 unspecified atom stereocenters. The third-order valence-corrected chi connectivity index (χ3v) is 5.71. The highest BCUT2D eigenvalue weighted by molar-refractivity contribution is 5.85. The minimum atomic E-state index is -0.186. The van der Waals surface area contributed by atoms with Gasteiger partial charge in [-0.25, -0.2) is 4.98 Å². The average Bonchev–Trinajstić information content (AvgIpc) is 2.96.